The second-order valence-corrected chi connectivity index (χ2v) is 6.97. The molecule has 0 radical (unpaired) electrons. The van der Waals surface area contributed by atoms with Crippen molar-refractivity contribution in [1.82, 2.24) is 5.43 Å². The minimum Gasteiger partial charge on any atom is -0.491 e. The van der Waals surface area contributed by atoms with Crippen molar-refractivity contribution in [3.63, 3.8) is 0 Å². The first kappa shape index (κ1) is 25.6. The van der Waals surface area contributed by atoms with Crippen molar-refractivity contribution in [2.75, 3.05) is 0 Å². The molecule has 1 aliphatic rings. The van der Waals surface area contributed by atoms with Gasteiger partial charge in [-0.05, 0) is 43.7 Å². The fourth-order valence-corrected chi connectivity index (χ4v) is 2.65. The number of carbonyl (C=O) groups is 1. The average molecular weight is 486 g/mol. The summed E-state index contributed by atoms with van der Waals surface area (Å²) >= 11 is 0. The normalized spacial score (nSPS) is 24.3. The van der Waals surface area contributed by atoms with Gasteiger partial charge in [0.1, 0.15) is 5.75 Å². The molecule has 0 heterocycles. The summed E-state index contributed by atoms with van der Waals surface area (Å²) in [5.41, 5.74) is -6.14. The van der Waals surface area contributed by atoms with E-state index in [4.69, 9.17) is 4.74 Å². The van der Waals surface area contributed by atoms with E-state index < -0.39 is 41.2 Å². The van der Waals surface area contributed by atoms with Crippen LogP contribution < -0.4 is 10.2 Å². The molecule has 1 aliphatic carbocycles. The molecule has 0 saturated heterocycles. The van der Waals surface area contributed by atoms with E-state index in [0.29, 0.717) is 17.4 Å². The number of benzene rings is 1. The van der Waals surface area contributed by atoms with Gasteiger partial charge in [-0.2, -0.15) is 49.0 Å². The van der Waals surface area contributed by atoms with Crippen molar-refractivity contribution >= 4 is 12.1 Å². The Kier molecular flexibility index (Phi) is 5.99. The zero-order valence-electron chi connectivity index (χ0n) is 15.9. The van der Waals surface area contributed by atoms with Crippen molar-refractivity contribution < 1.29 is 57.8 Å². The van der Waals surface area contributed by atoms with Gasteiger partial charge in [-0.3, -0.25) is 4.79 Å². The van der Waals surface area contributed by atoms with E-state index in [1.165, 1.54) is 24.3 Å². The summed E-state index contributed by atoms with van der Waals surface area (Å²) in [6.45, 7) is 3.38. The first-order valence-corrected chi connectivity index (χ1v) is 8.47. The maximum atomic E-state index is 14.5. The molecule has 0 bridgehead atoms. The molecule has 0 aliphatic heterocycles. The Bertz CT molecular complexity index is 868. The summed E-state index contributed by atoms with van der Waals surface area (Å²) in [6, 6.07) is 5.08. The Labute approximate surface area is 172 Å². The van der Waals surface area contributed by atoms with Gasteiger partial charge in [0.05, 0.1) is 12.3 Å². The van der Waals surface area contributed by atoms with E-state index in [-0.39, 0.29) is 11.7 Å². The third-order valence-electron chi connectivity index (χ3n) is 4.39. The Morgan fingerprint density at radius 1 is 0.812 bits per heavy atom. The number of hydrazone groups is 1. The summed E-state index contributed by atoms with van der Waals surface area (Å²) in [7, 11) is 0. The van der Waals surface area contributed by atoms with Crippen molar-refractivity contribution in [3.05, 3.63) is 29.8 Å². The molecule has 0 spiro atoms. The summed E-state index contributed by atoms with van der Waals surface area (Å²) < 4.78 is 155. The summed E-state index contributed by atoms with van der Waals surface area (Å²) in [4.78, 5) is 11.6. The first-order chi connectivity index (χ1) is 14.3. The van der Waals surface area contributed by atoms with E-state index in [1.54, 1.807) is 13.8 Å². The molecule has 0 atom stereocenters. The molecule has 0 aromatic heterocycles. The predicted molar refractivity (Wildman–Crippen MR) is 86.5 cm³/mol. The van der Waals surface area contributed by atoms with Crippen molar-refractivity contribution in [1.29, 1.82) is 0 Å². The molecule has 0 unspecified atom stereocenters. The number of halogens is 11. The van der Waals surface area contributed by atoms with Gasteiger partial charge in [-0.15, -0.1) is 0 Å². The molecule has 180 valence electrons. The predicted octanol–water partition coefficient (Wildman–Crippen LogP) is 4.82. The minimum absolute atomic E-state index is 0.00123. The number of hydrogen-bond acceptors (Lipinski definition) is 3. The highest BCUT2D eigenvalue weighted by Crippen LogP contribution is 2.69. The molecule has 1 N–H and O–H groups in total. The molecule has 4 nitrogen and oxygen atoms in total. The third kappa shape index (κ3) is 3.18. The Morgan fingerprint density at radius 2 is 1.22 bits per heavy atom. The van der Waals surface area contributed by atoms with Gasteiger partial charge in [0.25, 0.3) is 5.91 Å². The van der Waals surface area contributed by atoms with E-state index in [9.17, 15) is 53.1 Å². The molecule has 15 heteroatoms. The van der Waals surface area contributed by atoms with Gasteiger partial charge in [-0.25, -0.2) is 9.82 Å². The quantitative estimate of drug-likeness (QED) is 0.369. The first-order valence-electron chi connectivity index (χ1n) is 8.47. The van der Waals surface area contributed by atoms with Crippen LogP contribution in [-0.2, 0) is 4.79 Å². The smallest absolute Gasteiger partial charge is 0.384 e. The van der Waals surface area contributed by atoms with Crippen LogP contribution in [-0.4, -0.2) is 53.5 Å². The molecule has 1 amide bonds. The van der Waals surface area contributed by atoms with Gasteiger partial charge in [0.15, 0.2) is 0 Å². The van der Waals surface area contributed by atoms with E-state index in [0.717, 1.165) is 0 Å². The number of ether oxygens (including phenoxy) is 1. The fourth-order valence-electron chi connectivity index (χ4n) is 2.65. The summed E-state index contributed by atoms with van der Waals surface area (Å²) in [5, 5.41) is 2.77. The molecule has 1 aromatic rings. The lowest BCUT2D eigenvalue weighted by Gasteiger charge is -2.51. The maximum Gasteiger partial charge on any atom is 0.384 e. The highest BCUT2D eigenvalue weighted by molar-refractivity contribution is 5.90. The molecular weight excluding hydrogens is 473 g/mol. The largest absolute Gasteiger partial charge is 0.491 e. The average Bonchev–Trinajstić information content (AvgIpc) is 2.66. The Hall–Kier alpha value is -2.61. The molecule has 32 heavy (non-hydrogen) atoms. The number of nitrogens with zero attached hydrogens (tertiary/aromatic N) is 1. The lowest BCUT2D eigenvalue weighted by Crippen LogP contribution is -2.86. The van der Waals surface area contributed by atoms with Crippen molar-refractivity contribution in [2.24, 2.45) is 5.10 Å². The van der Waals surface area contributed by atoms with Crippen LogP contribution in [0.4, 0.5) is 48.3 Å². The molecule has 1 fully saturated rings. The Balaban J connectivity index is 2.37. The van der Waals surface area contributed by atoms with E-state index in [1.807, 2.05) is 0 Å². The second-order valence-electron chi connectivity index (χ2n) is 6.97. The number of rotatable bonds is 5. The zero-order valence-corrected chi connectivity index (χ0v) is 15.9. The molecule has 2 rings (SSSR count). The SMILES string of the molecule is CC(C)Oc1ccc(/C=N/NC(=O)C2(F)C(F)(F)C(F)(F)C(F)(F)C(F)(F)C2(F)F)cc1. The topological polar surface area (TPSA) is 50.7 Å². The molecule has 1 aromatic carbocycles. The summed E-state index contributed by atoms with van der Waals surface area (Å²) in [6.07, 6.45) is 0.293. The van der Waals surface area contributed by atoms with Gasteiger partial charge >= 0.3 is 35.3 Å². The molecular formula is C17H13F11N2O2. The van der Waals surface area contributed by atoms with Crippen LogP contribution >= 0.6 is 0 Å². The number of alkyl halides is 11. The van der Waals surface area contributed by atoms with Crippen molar-refractivity contribution in [3.8, 4) is 5.75 Å². The highest BCUT2D eigenvalue weighted by atomic mass is 19.4. The standard InChI is InChI=1S/C17H13F11N2O2/c1-8(2)32-10-5-3-9(4-6-10)7-29-30-11(31)12(18)13(19,20)15(23,24)17(27,28)16(25,26)14(12,21)22/h3-8H,1-2H3,(H,30,31)/b29-7+. The second kappa shape index (κ2) is 7.47. The lowest BCUT2D eigenvalue weighted by atomic mass is 9.72. The number of amides is 1. The zero-order chi connectivity index (χ0) is 25.0. The van der Waals surface area contributed by atoms with Crippen LogP contribution in [0.2, 0.25) is 0 Å². The Morgan fingerprint density at radius 3 is 1.62 bits per heavy atom. The molecule has 1 saturated carbocycles. The van der Waals surface area contributed by atoms with Crippen LogP contribution in [0.3, 0.4) is 0 Å². The van der Waals surface area contributed by atoms with Gasteiger partial charge in [0, 0.05) is 0 Å². The monoisotopic (exact) mass is 486 g/mol. The van der Waals surface area contributed by atoms with Crippen LogP contribution in [0.15, 0.2) is 29.4 Å². The van der Waals surface area contributed by atoms with Crippen molar-refractivity contribution in [2.45, 2.75) is 55.2 Å². The van der Waals surface area contributed by atoms with Crippen LogP contribution in [0.5, 0.6) is 5.75 Å². The lowest BCUT2D eigenvalue weighted by molar-refractivity contribution is -0.476. The number of nitrogens with one attached hydrogen (secondary N) is 1. The highest BCUT2D eigenvalue weighted by Gasteiger charge is 3.02. The number of carbonyl (C=O) groups excluding carboxylic acids is 1. The third-order valence-corrected chi connectivity index (χ3v) is 4.39. The van der Waals surface area contributed by atoms with Crippen LogP contribution in [0.1, 0.15) is 19.4 Å². The van der Waals surface area contributed by atoms with Gasteiger partial charge in [-0.1, -0.05) is 0 Å². The number of hydrogen-bond donors (Lipinski definition) is 1. The minimum atomic E-state index is -7.40. The van der Waals surface area contributed by atoms with Gasteiger partial charge < -0.3 is 4.74 Å². The van der Waals surface area contributed by atoms with Gasteiger partial charge in [0.2, 0.25) is 0 Å². The maximum absolute atomic E-state index is 14.5. The van der Waals surface area contributed by atoms with Crippen LogP contribution in [0.25, 0.3) is 0 Å². The van der Waals surface area contributed by atoms with E-state index in [2.05, 4.69) is 5.10 Å². The van der Waals surface area contributed by atoms with Crippen LogP contribution in [0, 0.1) is 0 Å². The van der Waals surface area contributed by atoms with E-state index >= 15 is 0 Å². The fraction of sp³-hybridized carbons (Fsp3) is 0.529. The summed E-state index contributed by atoms with van der Waals surface area (Å²) in [5.74, 6) is -39.8.